The van der Waals surface area contributed by atoms with Gasteiger partial charge in [0.05, 0.1) is 24.5 Å². The number of hydrogen-bond acceptors (Lipinski definition) is 4. The maximum atomic E-state index is 11.9. The van der Waals surface area contributed by atoms with E-state index in [1.165, 1.54) is 0 Å². The standard InChI is InChI=1S/C18H19N3O3/c1-23-16-8-4-5-9-17(16)24-12-18(22)19-10-11-21-13-20-14-6-2-3-7-15(14)21/h2-9,13H,10-12H2,1H3,(H,19,22). The highest BCUT2D eigenvalue weighted by molar-refractivity contribution is 5.77. The number of rotatable bonds is 7. The van der Waals surface area contributed by atoms with Crippen molar-refractivity contribution in [3.05, 3.63) is 54.9 Å². The van der Waals surface area contributed by atoms with Crippen LogP contribution in [0.2, 0.25) is 0 Å². The Morgan fingerprint density at radius 1 is 1.12 bits per heavy atom. The molecule has 3 rings (SSSR count). The average Bonchev–Trinajstić information content (AvgIpc) is 3.03. The summed E-state index contributed by atoms with van der Waals surface area (Å²) in [6, 6.07) is 15.1. The summed E-state index contributed by atoms with van der Waals surface area (Å²) in [7, 11) is 1.57. The summed E-state index contributed by atoms with van der Waals surface area (Å²) in [6.07, 6.45) is 1.78. The van der Waals surface area contributed by atoms with Crippen LogP contribution in [0.4, 0.5) is 0 Å². The molecule has 0 aliphatic heterocycles. The number of benzene rings is 2. The van der Waals surface area contributed by atoms with Crippen molar-refractivity contribution < 1.29 is 14.3 Å². The van der Waals surface area contributed by atoms with E-state index in [4.69, 9.17) is 9.47 Å². The van der Waals surface area contributed by atoms with Gasteiger partial charge in [-0.25, -0.2) is 4.98 Å². The molecule has 1 amide bonds. The second kappa shape index (κ2) is 7.50. The third-order valence-electron chi connectivity index (χ3n) is 3.63. The summed E-state index contributed by atoms with van der Waals surface area (Å²) in [5, 5.41) is 2.84. The van der Waals surface area contributed by atoms with E-state index in [1.54, 1.807) is 25.6 Å². The van der Waals surface area contributed by atoms with Crippen LogP contribution in [0.3, 0.4) is 0 Å². The van der Waals surface area contributed by atoms with Crippen LogP contribution in [0, 0.1) is 0 Å². The molecule has 0 saturated carbocycles. The van der Waals surface area contributed by atoms with Crippen LogP contribution >= 0.6 is 0 Å². The number of nitrogens with one attached hydrogen (secondary N) is 1. The van der Waals surface area contributed by atoms with E-state index < -0.39 is 0 Å². The highest BCUT2D eigenvalue weighted by atomic mass is 16.5. The van der Waals surface area contributed by atoms with Gasteiger partial charge < -0.3 is 19.4 Å². The van der Waals surface area contributed by atoms with Crippen LogP contribution in [-0.2, 0) is 11.3 Å². The van der Waals surface area contributed by atoms with E-state index in [0.717, 1.165) is 11.0 Å². The zero-order valence-corrected chi connectivity index (χ0v) is 13.4. The molecule has 0 unspecified atom stereocenters. The summed E-state index contributed by atoms with van der Waals surface area (Å²) >= 11 is 0. The number of carbonyl (C=O) groups is 1. The Balaban J connectivity index is 1.47. The maximum absolute atomic E-state index is 11.9. The van der Waals surface area contributed by atoms with Crippen molar-refractivity contribution in [3.63, 3.8) is 0 Å². The first-order chi connectivity index (χ1) is 11.8. The predicted octanol–water partition coefficient (Wildman–Crippen LogP) is 2.24. The van der Waals surface area contributed by atoms with E-state index in [2.05, 4.69) is 10.3 Å². The molecule has 3 aromatic rings. The first kappa shape index (κ1) is 15.9. The third-order valence-corrected chi connectivity index (χ3v) is 3.63. The fraction of sp³-hybridized carbons (Fsp3) is 0.222. The molecule has 24 heavy (non-hydrogen) atoms. The van der Waals surface area contributed by atoms with Gasteiger partial charge in [-0.1, -0.05) is 24.3 Å². The molecule has 0 spiro atoms. The van der Waals surface area contributed by atoms with Gasteiger partial charge >= 0.3 is 0 Å². The SMILES string of the molecule is COc1ccccc1OCC(=O)NCCn1cnc2ccccc21. The maximum Gasteiger partial charge on any atom is 0.258 e. The highest BCUT2D eigenvalue weighted by Crippen LogP contribution is 2.25. The average molecular weight is 325 g/mol. The molecule has 0 radical (unpaired) electrons. The summed E-state index contributed by atoms with van der Waals surface area (Å²) in [5.41, 5.74) is 2.00. The summed E-state index contributed by atoms with van der Waals surface area (Å²) in [6.45, 7) is 1.11. The van der Waals surface area contributed by atoms with Gasteiger partial charge in [-0.15, -0.1) is 0 Å². The first-order valence-corrected chi connectivity index (χ1v) is 7.70. The van der Waals surface area contributed by atoms with E-state index in [0.29, 0.717) is 24.6 Å². The van der Waals surface area contributed by atoms with Crippen molar-refractivity contribution in [2.24, 2.45) is 0 Å². The molecule has 124 valence electrons. The molecule has 0 bridgehead atoms. The smallest absolute Gasteiger partial charge is 0.258 e. The molecular weight excluding hydrogens is 306 g/mol. The quantitative estimate of drug-likeness (QED) is 0.723. The molecule has 0 atom stereocenters. The lowest BCUT2D eigenvalue weighted by Crippen LogP contribution is -2.31. The minimum atomic E-state index is -0.176. The zero-order valence-electron chi connectivity index (χ0n) is 13.4. The summed E-state index contributed by atoms with van der Waals surface area (Å²) < 4.78 is 12.7. The van der Waals surface area contributed by atoms with E-state index >= 15 is 0 Å². The van der Waals surface area contributed by atoms with Gasteiger partial charge in [-0.2, -0.15) is 0 Å². The molecule has 2 aromatic carbocycles. The van der Waals surface area contributed by atoms with Gasteiger partial charge in [0.1, 0.15) is 0 Å². The largest absolute Gasteiger partial charge is 0.493 e. The van der Waals surface area contributed by atoms with Crippen molar-refractivity contribution in [1.29, 1.82) is 0 Å². The highest BCUT2D eigenvalue weighted by Gasteiger charge is 2.07. The lowest BCUT2D eigenvalue weighted by molar-refractivity contribution is -0.123. The number of nitrogens with zero attached hydrogens (tertiary/aromatic N) is 2. The molecule has 1 N–H and O–H groups in total. The van der Waals surface area contributed by atoms with Crippen LogP contribution in [0.1, 0.15) is 0 Å². The van der Waals surface area contributed by atoms with Crippen LogP contribution in [0.15, 0.2) is 54.9 Å². The van der Waals surface area contributed by atoms with Gasteiger partial charge in [0.25, 0.3) is 5.91 Å². The monoisotopic (exact) mass is 325 g/mol. The zero-order chi connectivity index (χ0) is 16.8. The van der Waals surface area contributed by atoms with Gasteiger partial charge in [0.2, 0.25) is 0 Å². The predicted molar refractivity (Wildman–Crippen MR) is 91.2 cm³/mol. The second-order valence-electron chi connectivity index (χ2n) is 5.22. The number of ether oxygens (including phenoxy) is 2. The fourth-order valence-electron chi connectivity index (χ4n) is 2.44. The van der Waals surface area contributed by atoms with Gasteiger partial charge in [0.15, 0.2) is 18.1 Å². The van der Waals surface area contributed by atoms with Crippen LogP contribution in [0.5, 0.6) is 11.5 Å². The Morgan fingerprint density at radius 3 is 2.71 bits per heavy atom. The molecule has 6 heteroatoms. The molecular formula is C18H19N3O3. The fourth-order valence-corrected chi connectivity index (χ4v) is 2.44. The van der Waals surface area contributed by atoms with Gasteiger partial charge in [0, 0.05) is 13.1 Å². The number of hydrogen-bond donors (Lipinski definition) is 1. The second-order valence-corrected chi connectivity index (χ2v) is 5.22. The van der Waals surface area contributed by atoms with E-state index in [-0.39, 0.29) is 12.5 Å². The molecule has 0 aliphatic rings. The minimum absolute atomic E-state index is 0.0505. The summed E-state index contributed by atoms with van der Waals surface area (Å²) in [4.78, 5) is 16.2. The lowest BCUT2D eigenvalue weighted by atomic mass is 10.3. The van der Waals surface area contributed by atoms with E-state index in [1.807, 2.05) is 41.0 Å². The Morgan fingerprint density at radius 2 is 1.88 bits per heavy atom. The van der Waals surface area contributed by atoms with Crippen molar-refractivity contribution in [3.8, 4) is 11.5 Å². The molecule has 0 fully saturated rings. The number of aromatic nitrogens is 2. The molecule has 1 aromatic heterocycles. The molecule has 6 nitrogen and oxygen atoms in total. The van der Waals surface area contributed by atoms with Crippen molar-refractivity contribution in [2.75, 3.05) is 20.3 Å². The number of carbonyl (C=O) groups excluding carboxylic acids is 1. The van der Waals surface area contributed by atoms with Crippen LogP contribution < -0.4 is 14.8 Å². The summed E-state index contributed by atoms with van der Waals surface area (Å²) in [5.74, 6) is 0.983. The lowest BCUT2D eigenvalue weighted by Gasteiger charge is -2.11. The topological polar surface area (TPSA) is 65.4 Å². The molecule has 0 aliphatic carbocycles. The van der Waals surface area contributed by atoms with Crippen molar-refractivity contribution in [1.82, 2.24) is 14.9 Å². The number of imidazole rings is 1. The minimum Gasteiger partial charge on any atom is -0.493 e. The van der Waals surface area contributed by atoms with Crippen LogP contribution in [0.25, 0.3) is 11.0 Å². The molecule has 1 heterocycles. The number of methoxy groups -OCH3 is 1. The number of para-hydroxylation sites is 4. The Hall–Kier alpha value is -3.02. The van der Waals surface area contributed by atoms with Gasteiger partial charge in [-0.3, -0.25) is 4.79 Å². The Labute approximate surface area is 140 Å². The van der Waals surface area contributed by atoms with Crippen molar-refractivity contribution in [2.45, 2.75) is 6.54 Å². The number of fused-ring (bicyclic) bond motifs is 1. The number of amides is 1. The van der Waals surface area contributed by atoms with Gasteiger partial charge in [-0.05, 0) is 24.3 Å². The van der Waals surface area contributed by atoms with Crippen molar-refractivity contribution >= 4 is 16.9 Å². The molecule has 0 saturated heterocycles. The van der Waals surface area contributed by atoms with E-state index in [9.17, 15) is 4.79 Å². The Kier molecular flexibility index (Phi) is 4.96. The van der Waals surface area contributed by atoms with Crippen LogP contribution in [-0.4, -0.2) is 35.7 Å². The Bertz CT molecular complexity index is 829. The third kappa shape index (κ3) is 3.65. The first-order valence-electron chi connectivity index (χ1n) is 7.70. The normalized spacial score (nSPS) is 10.5.